The van der Waals surface area contributed by atoms with Gasteiger partial charge in [-0.2, -0.15) is 4.37 Å². The molecule has 0 aliphatic heterocycles. The summed E-state index contributed by atoms with van der Waals surface area (Å²) in [5.74, 6) is -0.655. The SMILES string of the molecule is O=C(NCc1ccccc1Cl)c1ccccc1NC(=O)c1nsc2ccccc12. The molecule has 3 aromatic carbocycles. The number of benzene rings is 3. The molecule has 2 N–H and O–H groups in total. The van der Waals surface area contributed by atoms with Gasteiger partial charge in [-0.1, -0.05) is 60.1 Å². The molecule has 0 saturated heterocycles. The third-order valence-electron chi connectivity index (χ3n) is 4.41. The fraction of sp³-hybridized carbons (Fsp3) is 0.0455. The molecule has 0 unspecified atom stereocenters. The summed E-state index contributed by atoms with van der Waals surface area (Å²) in [6, 6.07) is 21.7. The topological polar surface area (TPSA) is 71.1 Å². The van der Waals surface area contributed by atoms with E-state index in [9.17, 15) is 9.59 Å². The Labute approximate surface area is 176 Å². The van der Waals surface area contributed by atoms with Crippen LogP contribution in [0.3, 0.4) is 0 Å². The Morgan fingerprint density at radius 1 is 0.897 bits per heavy atom. The molecule has 2 amide bonds. The lowest BCUT2D eigenvalue weighted by molar-refractivity contribution is 0.0952. The molecule has 5 nitrogen and oxygen atoms in total. The van der Waals surface area contributed by atoms with Crippen LogP contribution in [0, 0.1) is 0 Å². The molecule has 7 heteroatoms. The number of nitrogens with zero attached hydrogens (tertiary/aromatic N) is 1. The summed E-state index contributed by atoms with van der Waals surface area (Å²) in [4.78, 5) is 25.5. The van der Waals surface area contributed by atoms with Crippen molar-refractivity contribution in [2.45, 2.75) is 6.54 Å². The van der Waals surface area contributed by atoms with Crippen LogP contribution in [0.5, 0.6) is 0 Å². The van der Waals surface area contributed by atoms with Gasteiger partial charge in [-0.15, -0.1) is 0 Å². The molecule has 1 aromatic heterocycles. The van der Waals surface area contributed by atoms with Crippen molar-refractivity contribution >= 4 is 50.7 Å². The van der Waals surface area contributed by atoms with Gasteiger partial charge < -0.3 is 10.6 Å². The smallest absolute Gasteiger partial charge is 0.276 e. The van der Waals surface area contributed by atoms with E-state index in [0.29, 0.717) is 22.0 Å². The van der Waals surface area contributed by atoms with Gasteiger partial charge in [-0.25, -0.2) is 0 Å². The van der Waals surface area contributed by atoms with Gasteiger partial charge in [-0.05, 0) is 41.4 Å². The summed E-state index contributed by atoms with van der Waals surface area (Å²) in [5, 5.41) is 7.04. The Morgan fingerprint density at radius 3 is 2.48 bits per heavy atom. The molecular formula is C22H16ClN3O2S. The van der Waals surface area contributed by atoms with E-state index in [4.69, 9.17) is 11.6 Å². The molecule has 0 atom stereocenters. The lowest BCUT2D eigenvalue weighted by Crippen LogP contribution is -2.25. The van der Waals surface area contributed by atoms with Gasteiger partial charge >= 0.3 is 0 Å². The number of nitrogens with one attached hydrogen (secondary N) is 2. The number of fused-ring (bicyclic) bond motifs is 1. The molecule has 29 heavy (non-hydrogen) atoms. The Hall–Kier alpha value is -3.22. The van der Waals surface area contributed by atoms with Crippen LogP contribution in [0.25, 0.3) is 10.1 Å². The van der Waals surface area contributed by atoms with Crippen LogP contribution in [-0.4, -0.2) is 16.2 Å². The van der Waals surface area contributed by atoms with Gasteiger partial charge in [0.15, 0.2) is 0 Å². The summed E-state index contributed by atoms with van der Waals surface area (Å²) in [6.45, 7) is 0.289. The highest BCUT2D eigenvalue weighted by Crippen LogP contribution is 2.24. The molecule has 4 rings (SSSR count). The van der Waals surface area contributed by atoms with E-state index in [1.54, 1.807) is 30.3 Å². The number of rotatable bonds is 5. The van der Waals surface area contributed by atoms with E-state index in [1.807, 2.05) is 42.5 Å². The van der Waals surface area contributed by atoms with Crippen LogP contribution in [0.4, 0.5) is 5.69 Å². The highest BCUT2D eigenvalue weighted by atomic mass is 35.5. The molecule has 144 valence electrons. The average Bonchev–Trinajstić information content (AvgIpc) is 3.18. The van der Waals surface area contributed by atoms with Crippen LogP contribution < -0.4 is 10.6 Å². The van der Waals surface area contributed by atoms with Crippen molar-refractivity contribution < 1.29 is 9.59 Å². The van der Waals surface area contributed by atoms with E-state index in [-0.39, 0.29) is 18.4 Å². The van der Waals surface area contributed by atoms with Crippen molar-refractivity contribution in [2.24, 2.45) is 0 Å². The molecule has 0 radical (unpaired) electrons. The van der Waals surface area contributed by atoms with Crippen molar-refractivity contribution in [2.75, 3.05) is 5.32 Å². The molecule has 1 heterocycles. The van der Waals surface area contributed by atoms with Gasteiger partial charge in [0.05, 0.1) is 16.0 Å². The first kappa shape index (κ1) is 19.1. The molecule has 4 aromatic rings. The Balaban J connectivity index is 1.53. The first-order valence-electron chi connectivity index (χ1n) is 8.90. The van der Waals surface area contributed by atoms with Crippen LogP contribution in [-0.2, 0) is 6.54 Å². The second-order valence-corrected chi connectivity index (χ2v) is 7.51. The summed E-state index contributed by atoms with van der Waals surface area (Å²) < 4.78 is 5.20. The van der Waals surface area contributed by atoms with Crippen molar-refractivity contribution in [3.63, 3.8) is 0 Å². The number of para-hydroxylation sites is 1. The maximum atomic E-state index is 12.8. The molecule has 0 aliphatic rings. The quantitative estimate of drug-likeness (QED) is 0.469. The molecule has 0 bridgehead atoms. The highest BCUT2D eigenvalue weighted by molar-refractivity contribution is 7.13. The van der Waals surface area contributed by atoms with Gasteiger partial charge in [0.1, 0.15) is 5.69 Å². The molecule has 0 aliphatic carbocycles. The standard InChI is InChI=1S/C22H16ClN3O2S/c23-17-10-4-1-7-14(17)13-24-21(27)15-8-2-5-11-18(15)25-22(28)20-16-9-3-6-12-19(16)29-26-20/h1-12H,13H2,(H,24,27)(H,25,28). The minimum Gasteiger partial charge on any atom is -0.348 e. The number of hydrogen-bond acceptors (Lipinski definition) is 4. The van der Waals surface area contributed by atoms with Crippen molar-refractivity contribution in [1.82, 2.24) is 9.69 Å². The van der Waals surface area contributed by atoms with Gasteiger partial charge in [0.25, 0.3) is 11.8 Å². The van der Waals surface area contributed by atoms with Gasteiger partial charge in [0.2, 0.25) is 0 Å². The Bertz CT molecular complexity index is 1210. The number of aromatic nitrogens is 1. The van der Waals surface area contributed by atoms with Crippen molar-refractivity contribution in [3.05, 3.63) is 94.6 Å². The normalized spacial score (nSPS) is 10.7. The first-order valence-corrected chi connectivity index (χ1v) is 10.0. The summed E-state index contributed by atoms with van der Waals surface area (Å²) in [5.41, 5.74) is 1.95. The zero-order chi connectivity index (χ0) is 20.2. The predicted molar refractivity (Wildman–Crippen MR) is 117 cm³/mol. The number of amides is 2. The monoisotopic (exact) mass is 421 g/mol. The third kappa shape index (κ3) is 4.13. The fourth-order valence-electron chi connectivity index (χ4n) is 2.93. The lowest BCUT2D eigenvalue weighted by Gasteiger charge is -2.11. The number of anilines is 1. The zero-order valence-corrected chi connectivity index (χ0v) is 16.8. The maximum absolute atomic E-state index is 12.8. The minimum atomic E-state index is -0.353. The lowest BCUT2D eigenvalue weighted by atomic mass is 10.1. The number of carbonyl (C=O) groups is 2. The third-order valence-corrected chi connectivity index (χ3v) is 5.60. The number of hydrogen-bond donors (Lipinski definition) is 2. The van der Waals surface area contributed by atoms with Gasteiger partial charge in [0, 0.05) is 17.0 Å². The summed E-state index contributed by atoms with van der Waals surface area (Å²) >= 11 is 7.41. The van der Waals surface area contributed by atoms with E-state index in [0.717, 1.165) is 15.6 Å². The molecule has 0 spiro atoms. The van der Waals surface area contributed by atoms with Crippen LogP contribution in [0.15, 0.2) is 72.8 Å². The van der Waals surface area contributed by atoms with Crippen LogP contribution in [0.2, 0.25) is 5.02 Å². The highest BCUT2D eigenvalue weighted by Gasteiger charge is 2.18. The van der Waals surface area contributed by atoms with E-state index < -0.39 is 0 Å². The van der Waals surface area contributed by atoms with E-state index in [1.165, 1.54) is 11.5 Å². The van der Waals surface area contributed by atoms with E-state index >= 15 is 0 Å². The molecule has 0 fully saturated rings. The minimum absolute atomic E-state index is 0.289. The van der Waals surface area contributed by atoms with Crippen molar-refractivity contribution in [1.29, 1.82) is 0 Å². The number of carbonyl (C=O) groups excluding carboxylic acids is 2. The molecule has 0 saturated carbocycles. The van der Waals surface area contributed by atoms with E-state index in [2.05, 4.69) is 15.0 Å². The summed E-state index contributed by atoms with van der Waals surface area (Å²) in [7, 11) is 0. The fourth-order valence-corrected chi connectivity index (χ4v) is 3.91. The first-order chi connectivity index (χ1) is 14.1. The van der Waals surface area contributed by atoms with Gasteiger partial charge in [-0.3, -0.25) is 9.59 Å². The Morgan fingerprint density at radius 2 is 1.62 bits per heavy atom. The largest absolute Gasteiger partial charge is 0.348 e. The summed E-state index contributed by atoms with van der Waals surface area (Å²) in [6.07, 6.45) is 0. The zero-order valence-electron chi connectivity index (χ0n) is 15.2. The predicted octanol–water partition coefficient (Wildman–Crippen LogP) is 5.13. The second-order valence-electron chi connectivity index (χ2n) is 6.30. The number of halogens is 1. The molecular weight excluding hydrogens is 406 g/mol. The van der Waals surface area contributed by atoms with Crippen LogP contribution >= 0.6 is 23.1 Å². The second kappa shape index (κ2) is 8.43. The maximum Gasteiger partial charge on any atom is 0.276 e. The Kier molecular flexibility index (Phi) is 5.55. The van der Waals surface area contributed by atoms with Crippen molar-refractivity contribution in [3.8, 4) is 0 Å². The van der Waals surface area contributed by atoms with Crippen LogP contribution in [0.1, 0.15) is 26.4 Å². The average molecular weight is 422 g/mol.